The summed E-state index contributed by atoms with van der Waals surface area (Å²) in [6.45, 7) is 0.339. The van der Waals surface area contributed by atoms with Crippen molar-refractivity contribution in [2.75, 3.05) is 21.4 Å². The number of nitrogens with one attached hydrogen (secondary N) is 1. The fraction of sp³-hybridized carbons (Fsp3) is 0.136. The molecular formula is C22H20FN3O5S. The maximum atomic E-state index is 13.6. The quantitative estimate of drug-likeness (QED) is 0.503. The van der Waals surface area contributed by atoms with E-state index < -0.39 is 21.7 Å². The number of halogens is 1. The van der Waals surface area contributed by atoms with Crippen molar-refractivity contribution in [3.8, 4) is 0 Å². The van der Waals surface area contributed by atoms with Crippen LogP contribution in [0.4, 0.5) is 21.5 Å². The highest BCUT2D eigenvalue weighted by Crippen LogP contribution is 2.32. The Labute approximate surface area is 184 Å². The highest BCUT2D eigenvalue weighted by Gasteiger charge is 2.29. The lowest BCUT2D eigenvalue weighted by molar-refractivity contribution is 0.0285. The summed E-state index contributed by atoms with van der Waals surface area (Å²) in [4.78, 5) is 12.6. The molecule has 1 aliphatic rings. The zero-order valence-corrected chi connectivity index (χ0v) is 17.6. The first-order valence-corrected chi connectivity index (χ1v) is 11.2. The molecule has 1 aliphatic heterocycles. The molecule has 0 saturated carbocycles. The number of carbonyl (C=O) groups is 1. The number of fused-ring (bicyclic) bond motifs is 1. The maximum Gasteiger partial charge on any atom is 0.264 e. The molecule has 0 unspecified atom stereocenters. The molecule has 8 nitrogen and oxygen atoms in total. The van der Waals surface area contributed by atoms with Gasteiger partial charge in [-0.2, -0.15) is 0 Å². The van der Waals surface area contributed by atoms with Gasteiger partial charge in [-0.3, -0.25) is 19.5 Å². The molecule has 4 rings (SSSR count). The number of hydrogen-bond donors (Lipinski definition) is 3. The van der Waals surface area contributed by atoms with E-state index in [1.54, 1.807) is 12.1 Å². The molecule has 0 aromatic heterocycles. The molecule has 1 amide bonds. The van der Waals surface area contributed by atoms with Crippen LogP contribution in [-0.2, 0) is 16.4 Å². The largest absolute Gasteiger partial charge is 0.322 e. The van der Waals surface area contributed by atoms with Gasteiger partial charge >= 0.3 is 0 Å². The minimum Gasteiger partial charge on any atom is -0.322 e. The second-order valence-corrected chi connectivity index (χ2v) is 9.10. The first-order valence-electron chi connectivity index (χ1n) is 9.77. The summed E-state index contributed by atoms with van der Waals surface area (Å²) < 4.78 is 41.6. The standard InChI is InChI=1S/C22H20FN3O5S/c23-16-10-11-21(26(28)29)19(13-16)22(27)24-17-7-3-8-18(14-17)32(30,31)25-12-4-6-15-5-1-2-9-20(15)25/h1-3,5,7-11,13-14,28-29H,4,6,12H2,(H,24,27). The van der Waals surface area contributed by atoms with Gasteiger partial charge in [0.25, 0.3) is 15.9 Å². The third kappa shape index (κ3) is 4.15. The minimum absolute atomic E-state index is 0.0163. The smallest absolute Gasteiger partial charge is 0.264 e. The van der Waals surface area contributed by atoms with E-state index in [0.29, 0.717) is 18.7 Å². The van der Waals surface area contributed by atoms with Crippen molar-refractivity contribution in [1.82, 2.24) is 0 Å². The van der Waals surface area contributed by atoms with E-state index in [1.165, 1.54) is 28.6 Å². The summed E-state index contributed by atoms with van der Waals surface area (Å²) in [5, 5.41) is 20.8. The predicted molar refractivity (Wildman–Crippen MR) is 116 cm³/mol. The first-order chi connectivity index (χ1) is 15.3. The van der Waals surface area contributed by atoms with Crippen LogP contribution in [0.3, 0.4) is 0 Å². The van der Waals surface area contributed by atoms with Gasteiger partial charge < -0.3 is 5.32 Å². The van der Waals surface area contributed by atoms with Crippen molar-refractivity contribution in [3.63, 3.8) is 0 Å². The summed E-state index contributed by atoms with van der Waals surface area (Å²) in [6, 6.07) is 15.8. The van der Waals surface area contributed by atoms with E-state index in [-0.39, 0.29) is 27.1 Å². The predicted octanol–water partition coefficient (Wildman–Crippen LogP) is 3.80. The van der Waals surface area contributed by atoms with Gasteiger partial charge in [-0.25, -0.2) is 12.8 Å². The zero-order valence-electron chi connectivity index (χ0n) is 16.8. The lowest BCUT2D eigenvalue weighted by Crippen LogP contribution is -2.35. The highest BCUT2D eigenvalue weighted by atomic mass is 32.2. The van der Waals surface area contributed by atoms with Gasteiger partial charge in [0.1, 0.15) is 11.5 Å². The van der Waals surface area contributed by atoms with Crippen LogP contribution >= 0.6 is 0 Å². The van der Waals surface area contributed by atoms with Crippen LogP contribution in [0.2, 0.25) is 0 Å². The molecule has 0 saturated heterocycles. The monoisotopic (exact) mass is 457 g/mol. The minimum atomic E-state index is -3.89. The second kappa shape index (κ2) is 8.58. The molecule has 0 bridgehead atoms. The van der Waals surface area contributed by atoms with Crippen molar-refractivity contribution >= 4 is 33.0 Å². The second-order valence-electron chi connectivity index (χ2n) is 7.24. The van der Waals surface area contributed by atoms with Crippen molar-refractivity contribution in [2.24, 2.45) is 0 Å². The van der Waals surface area contributed by atoms with E-state index in [2.05, 4.69) is 5.32 Å². The lowest BCUT2D eigenvalue weighted by Gasteiger charge is -2.30. The van der Waals surface area contributed by atoms with E-state index >= 15 is 0 Å². The SMILES string of the molecule is O=C(Nc1cccc(S(=O)(=O)N2CCCc3ccccc32)c1)c1cc(F)ccc1N(O)O. The Morgan fingerprint density at radius 2 is 1.81 bits per heavy atom. The van der Waals surface area contributed by atoms with Crippen LogP contribution in [0.1, 0.15) is 22.3 Å². The van der Waals surface area contributed by atoms with Crippen molar-refractivity contribution in [3.05, 3.63) is 83.7 Å². The molecule has 0 radical (unpaired) electrons. The maximum absolute atomic E-state index is 13.6. The molecule has 0 atom stereocenters. The van der Waals surface area contributed by atoms with Crippen molar-refractivity contribution < 1.29 is 28.0 Å². The Morgan fingerprint density at radius 1 is 1.03 bits per heavy atom. The number of sulfonamides is 1. The van der Waals surface area contributed by atoms with E-state index in [4.69, 9.17) is 0 Å². The first kappa shape index (κ1) is 21.8. The molecule has 3 aromatic carbocycles. The van der Waals surface area contributed by atoms with Crippen LogP contribution in [0.25, 0.3) is 0 Å². The highest BCUT2D eigenvalue weighted by molar-refractivity contribution is 7.92. The number of hydrogen-bond acceptors (Lipinski definition) is 6. The summed E-state index contributed by atoms with van der Waals surface area (Å²) >= 11 is 0. The molecule has 0 fully saturated rings. The third-order valence-electron chi connectivity index (χ3n) is 5.17. The Bertz CT molecular complexity index is 1280. The van der Waals surface area contributed by atoms with E-state index in [9.17, 15) is 28.0 Å². The molecule has 0 spiro atoms. The van der Waals surface area contributed by atoms with Gasteiger partial charge in [0.15, 0.2) is 0 Å². The molecule has 1 heterocycles. The number of benzene rings is 3. The fourth-order valence-electron chi connectivity index (χ4n) is 3.67. The number of carbonyl (C=O) groups excluding carboxylic acids is 1. The van der Waals surface area contributed by atoms with Gasteiger partial charge in [0, 0.05) is 12.2 Å². The Kier molecular flexibility index (Phi) is 5.83. The number of rotatable bonds is 5. The Morgan fingerprint density at radius 3 is 2.59 bits per heavy atom. The third-order valence-corrected chi connectivity index (χ3v) is 6.98. The number of amides is 1. The zero-order chi connectivity index (χ0) is 22.9. The van der Waals surface area contributed by atoms with Crippen LogP contribution in [-0.4, -0.2) is 31.3 Å². The molecule has 0 aliphatic carbocycles. The van der Waals surface area contributed by atoms with Crippen LogP contribution < -0.4 is 14.8 Å². The van der Waals surface area contributed by atoms with Gasteiger partial charge in [0.2, 0.25) is 0 Å². The summed E-state index contributed by atoms with van der Waals surface area (Å²) in [5.74, 6) is -1.59. The number of anilines is 3. The summed E-state index contributed by atoms with van der Waals surface area (Å²) in [5.41, 5.74) is 1.05. The summed E-state index contributed by atoms with van der Waals surface area (Å²) in [6.07, 6.45) is 1.48. The molecule has 3 aromatic rings. The van der Waals surface area contributed by atoms with Crippen LogP contribution in [0.15, 0.2) is 71.6 Å². The van der Waals surface area contributed by atoms with Gasteiger partial charge in [-0.05, 0) is 60.9 Å². The Hall–Kier alpha value is -3.47. The van der Waals surface area contributed by atoms with Crippen LogP contribution in [0.5, 0.6) is 0 Å². The van der Waals surface area contributed by atoms with E-state index in [1.807, 2.05) is 12.1 Å². The van der Waals surface area contributed by atoms with Gasteiger partial charge in [-0.1, -0.05) is 24.3 Å². The fourth-order valence-corrected chi connectivity index (χ4v) is 5.26. The number of para-hydroxylation sites is 1. The molecule has 3 N–H and O–H groups in total. The molecule has 10 heteroatoms. The molecule has 166 valence electrons. The van der Waals surface area contributed by atoms with Crippen molar-refractivity contribution in [1.29, 1.82) is 0 Å². The average molecular weight is 457 g/mol. The van der Waals surface area contributed by atoms with Gasteiger partial charge in [0.05, 0.1) is 16.1 Å². The van der Waals surface area contributed by atoms with Crippen molar-refractivity contribution in [2.45, 2.75) is 17.7 Å². The summed E-state index contributed by atoms with van der Waals surface area (Å²) in [7, 11) is -3.89. The average Bonchev–Trinajstić information content (AvgIpc) is 2.78. The molecular weight excluding hydrogens is 437 g/mol. The lowest BCUT2D eigenvalue weighted by atomic mass is 10.0. The Balaban J connectivity index is 1.64. The van der Waals surface area contributed by atoms with Crippen LogP contribution in [0, 0.1) is 5.82 Å². The number of aryl methyl sites for hydroxylation is 1. The molecule has 32 heavy (non-hydrogen) atoms. The van der Waals surface area contributed by atoms with Gasteiger partial charge in [-0.15, -0.1) is 5.23 Å². The normalized spacial score (nSPS) is 13.4. The topological polar surface area (TPSA) is 110 Å². The number of nitrogens with zero attached hydrogens (tertiary/aromatic N) is 2. The van der Waals surface area contributed by atoms with E-state index in [0.717, 1.165) is 30.2 Å².